The first-order chi connectivity index (χ1) is 22.6. The third-order valence-electron chi connectivity index (χ3n) is 9.29. The van der Waals surface area contributed by atoms with E-state index >= 15 is 0 Å². The first-order valence-electron chi connectivity index (χ1n) is 16.4. The molecule has 2 radical (unpaired) electrons. The van der Waals surface area contributed by atoms with Gasteiger partial charge >= 0.3 is 0 Å². The number of aromatic nitrogens is 4. The summed E-state index contributed by atoms with van der Waals surface area (Å²) in [6.07, 6.45) is 8.35. The van der Waals surface area contributed by atoms with Crippen molar-refractivity contribution in [1.29, 1.82) is 0 Å². The lowest BCUT2D eigenvalue weighted by Gasteiger charge is -2.43. The Kier molecular flexibility index (Phi) is 9.92. The summed E-state index contributed by atoms with van der Waals surface area (Å²) in [5, 5.41) is 11.7. The smallest absolute Gasteiger partial charge is 0.229 e. The molecule has 2 fully saturated rings. The molecular formula is C34H45BN9O2P. The van der Waals surface area contributed by atoms with Crippen LogP contribution in [-0.4, -0.2) is 110 Å². The van der Waals surface area contributed by atoms with Crippen molar-refractivity contribution >= 4 is 54.6 Å². The zero-order valence-electron chi connectivity index (χ0n) is 28.1. The van der Waals surface area contributed by atoms with Crippen LogP contribution in [0.4, 0.5) is 28.8 Å². The van der Waals surface area contributed by atoms with Crippen LogP contribution in [0.1, 0.15) is 25.3 Å². The normalized spacial score (nSPS) is 16.7. The lowest BCUT2D eigenvalue weighted by molar-refractivity contribution is 0.0982. The van der Waals surface area contributed by atoms with Gasteiger partial charge in [0, 0.05) is 81.0 Å². The Hall–Kier alpha value is -3.86. The van der Waals surface area contributed by atoms with E-state index in [-0.39, 0.29) is 0 Å². The molecule has 0 spiro atoms. The maximum atomic E-state index is 13.3. The number of benzene rings is 2. The minimum atomic E-state index is -2.68. The third kappa shape index (κ3) is 7.50. The minimum Gasteiger partial charge on any atom is -0.494 e. The number of hydrogen-bond acceptors (Lipinski definition) is 10. The number of rotatable bonds is 10. The zero-order chi connectivity index (χ0) is 33.1. The van der Waals surface area contributed by atoms with Gasteiger partial charge in [0.2, 0.25) is 5.95 Å². The van der Waals surface area contributed by atoms with E-state index in [0.29, 0.717) is 34.3 Å². The molecule has 47 heavy (non-hydrogen) atoms. The summed E-state index contributed by atoms with van der Waals surface area (Å²) in [6.45, 7) is 12.4. The van der Waals surface area contributed by atoms with E-state index in [4.69, 9.17) is 17.6 Å². The molecule has 0 saturated carbocycles. The molecule has 2 aromatic heterocycles. The van der Waals surface area contributed by atoms with Crippen molar-refractivity contribution in [2.45, 2.75) is 32.2 Å². The molecule has 0 amide bonds. The molecule has 2 saturated heterocycles. The van der Waals surface area contributed by atoms with Gasteiger partial charge in [-0.2, -0.15) is 10.1 Å². The average Bonchev–Trinajstić information content (AvgIpc) is 3.61. The van der Waals surface area contributed by atoms with E-state index in [1.165, 1.54) is 24.1 Å². The molecule has 2 aromatic carbocycles. The molecule has 13 heteroatoms. The molecule has 11 nitrogen and oxygen atoms in total. The van der Waals surface area contributed by atoms with Gasteiger partial charge in [-0.1, -0.05) is 6.92 Å². The van der Waals surface area contributed by atoms with Crippen LogP contribution in [0.3, 0.4) is 0 Å². The van der Waals surface area contributed by atoms with E-state index in [2.05, 4.69) is 61.5 Å². The van der Waals surface area contributed by atoms with Gasteiger partial charge in [0.25, 0.3) is 0 Å². The van der Waals surface area contributed by atoms with E-state index in [0.717, 1.165) is 62.8 Å². The summed E-state index contributed by atoms with van der Waals surface area (Å²) >= 11 is 0. The molecule has 4 aromatic rings. The van der Waals surface area contributed by atoms with Gasteiger partial charge in [-0.05, 0) is 81.0 Å². The fraction of sp³-hybridized carbons (Fsp3) is 0.441. The molecule has 2 aliphatic rings. The van der Waals surface area contributed by atoms with Crippen molar-refractivity contribution in [2.75, 3.05) is 82.3 Å². The Bertz CT molecular complexity index is 1730. The first kappa shape index (κ1) is 33.1. The predicted molar refractivity (Wildman–Crippen MR) is 193 cm³/mol. The quantitative estimate of drug-likeness (QED) is 0.193. The first-order valence-corrected chi connectivity index (χ1v) is 19.0. The van der Waals surface area contributed by atoms with Gasteiger partial charge in [0.1, 0.15) is 26.6 Å². The monoisotopic (exact) mass is 653 g/mol. The van der Waals surface area contributed by atoms with Crippen LogP contribution in [-0.2, 0) is 11.0 Å². The summed E-state index contributed by atoms with van der Waals surface area (Å²) < 4.78 is 21.0. The van der Waals surface area contributed by atoms with Crippen molar-refractivity contribution in [3.63, 3.8) is 0 Å². The van der Waals surface area contributed by atoms with E-state index in [1.807, 2.05) is 30.5 Å². The maximum Gasteiger partial charge on any atom is 0.229 e. The van der Waals surface area contributed by atoms with E-state index in [1.54, 1.807) is 37.5 Å². The highest BCUT2D eigenvalue weighted by Crippen LogP contribution is 2.40. The van der Waals surface area contributed by atoms with Crippen LogP contribution >= 0.6 is 7.14 Å². The number of piperazine rings is 1. The van der Waals surface area contributed by atoms with Gasteiger partial charge in [-0.15, -0.1) is 0 Å². The van der Waals surface area contributed by atoms with Crippen molar-refractivity contribution in [3.8, 4) is 11.4 Å². The van der Waals surface area contributed by atoms with Crippen molar-refractivity contribution in [1.82, 2.24) is 29.5 Å². The largest absolute Gasteiger partial charge is 0.494 e. The van der Waals surface area contributed by atoms with Gasteiger partial charge in [0.15, 0.2) is 0 Å². The van der Waals surface area contributed by atoms with Crippen molar-refractivity contribution in [3.05, 3.63) is 60.6 Å². The molecule has 6 rings (SSSR count). The summed E-state index contributed by atoms with van der Waals surface area (Å²) in [5.41, 5.74) is 5.10. The molecule has 0 aliphatic carbocycles. The minimum absolute atomic E-state index is 0.369. The number of methoxy groups -OCH3 is 1. The lowest BCUT2D eigenvalue weighted by Crippen LogP contribution is -2.52. The zero-order valence-corrected chi connectivity index (χ0v) is 29.0. The molecule has 0 bridgehead atoms. The number of likely N-dealkylation sites (N-methyl/N-ethyl adjacent to an activating group) is 1. The third-order valence-corrected chi connectivity index (χ3v) is 10.8. The van der Waals surface area contributed by atoms with Gasteiger partial charge in [-0.3, -0.25) is 4.90 Å². The second-order valence-corrected chi connectivity index (χ2v) is 16.0. The molecule has 2 N–H and O–H groups in total. The van der Waals surface area contributed by atoms with Crippen LogP contribution in [0.25, 0.3) is 5.69 Å². The molecule has 0 atom stereocenters. The highest BCUT2D eigenvalue weighted by atomic mass is 31.2. The number of aryl methyl sites for hydroxylation is 1. The second kappa shape index (κ2) is 14.1. The fourth-order valence-electron chi connectivity index (χ4n) is 6.55. The summed E-state index contributed by atoms with van der Waals surface area (Å²) in [6, 6.07) is 12.5. The lowest BCUT2D eigenvalue weighted by atomic mass is 9.99. The molecule has 2 aliphatic heterocycles. The number of hydrogen-bond donors (Lipinski definition) is 2. The standard InChI is InChI=1S/C34H45BN9O2P/c1-6-24-20-29(31(46-3)22-30(24)43-14-10-25(11-15-43)42-18-16-41(2)17-19-42)39-34-36-23-27(35)33(40-34)38-28-9-8-26(44-13-7-12-37-44)21-32(28)47(4,5)45/h7-9,12-13,20-23,25H,6,10-11,14-19H2,1-5H3,(H2,36,38,39,40). The average molecular weight is 654 g/mol. The van der Waals surface area contributed by atoms with Gasteiger partial charge in [-0.25, -0.2) is 9.67 Å². The van der Waals surface area contributed by atoms with Crippen LogP contribution in [0, 0.1) is 0 Å². The second-order valence-electron chi connectivity index (χ2n) is 12.8. The van der Waals surface area contributed by atoms with Crippen LogP contribution in [0.2, 0.25) is 0 Å². The summed E-state index contributed by atoms with van der Waals surface area (Å²) in [7, 11) is 7.55. The highest BCUT2D eigenvalue weighted by Gasteiger charge is 2.28. The maximum absolute atomic E-state index is 13.3. The van der Waals surface area contributed by atoms with Crippen molar-refractivity contribution in [2.24, 2.45) is 0 Å². The summed E-state index contributed by atoms with van der Waals surface area (Å²) in [4.78, 5) is 16.8. The topological polar surface area (TPSA) is 104 Å². The van der Waals surface area contributed by atoms with Crippen LogP contribution in [0.5, 0.6) is 5.75 Å². The Morgan fingerprint density at radius 1 is 1.02 bits per heavy atom. The summed E-state index contributed by atoms with van der Waals surface area (Å²) in [5.74, 6) is 1.51. The van der Waals surface area contributed by atoms with Crippen LogP contribution < -0.4 is 31.0 Å². The molecule has 0 unspecified atom stereocenters. The number of piperidine rings is 1. The Morgan fingerprint density at radius 3 is 2.45 bits per heavy atom. The van der Waals surface area contributed by atoms with E-state index < -0.39 is 7.14 Å². The number of anilines is 5. The number of ether oxygens (including phenoxy) is 1. The Morgan fingerprint density at radius 2 is 1.79 bits per heavy atom. The fourth-order valence-corrected chi connectivity index (χ4v) is 7.71. The Balaban J connectivity index is 1.21. The SMILES string of the molecule is [B]c1cnc(Nc2cc(CC)c(N3CCC(N4CCN(C)CC4)CC3)cc2OC)nc1Nc1ccc(-n2cccn2)cc1P(C)(C)=O. The van der Waals surface area contributed by atoms with Crippen LogP contribution in [0.15, 0.2) is 55.0 Å². The number of nitrogens with zero attached hydrogens (tertiary/aromatic N) is 7. The van der Waals surface area contributed by atoms with Gasteiger partial charge in [0.05, 0.1) is 24.2 Å². The molecule has 4 heterocycles. The molecule has 246 valence electrons. The van der Waals surface area contributed by atoms with Gasteiger partial charge < -0.3 is 29.7 Å². The number of nitrogens with one attached hydrogen (secondary N) is 2. The predicted octanol–water partition coefficient (Wildman–Crippen LogP) is 3.98. The van der Waals surface area contributed by atoms with Crippen molar-refractivity contribution < 1.29 is 9.30 Å². The highest BCUT2D eigenvalue weighted by molar-refractivity contribution is 7.70. The molecular weight excluding hydrogens is 608 g/mol. The Labute approximate surface area is 279 Å². The van der Waals surface area contributed by atoms with E-state index in [9.17, 15) is 4.57 Å².